The van der Waals surface area contributed by atoms with Crippen LogP contribution >= 0.6 is 11.3 Å². The molecule has 3 aromatic rings. The van der Waals surface area contributed by atoms with E-state index in [0.717, 1.165) is 17.4 Å². The third-order valence-electron chi connectivity index (χ3n) is 4.83. The first-order chi connectivity index (χ1) is 15.3. The number of guanidine groups is 1. The highest BCUT2D eigenvalue weighted by Crippen LogP contribution is 2.36. The van der Waals surface area contributed by atoms with Crippen molar-refractivity contribution < 1.29 is 18.4 Å². The minimum atomic E-state index is -0.966. The van der Waals surface area contributed by atoms with Crippen LogP contribution in [0.4, 0.5) is 13.9 Å². The number of amides is 2. The summed E-state index contributed by atoms with van der Waals surface area (Å²) in [6.45, 7) is 0.199. The van der Waals surface area contributed by atoms with E-state index in [1.807, 2.05) is 0 Å². The molecule has 0 fully saturated rings. The molecule has 32 heavy (non-hydrogen) atoms. The van der Waals surface area contributed by atoms with Gasteiger partial charge in [0.05, 0.1) is 6.54 Å². The normalized spacial score (nSPS) is 14.9. The molecule has 2 amide bonds. The van der Waals surface area contributed by atoms with Crippen molar-refractivity contribution in [2.45, 2.75) is 19.1 Å². The lowest BCUT2D eigenvalue weighted by molar-refractivity contribution is -0.125. The molecule has 0 aliphatic carbocycles. The molecule has 0 bridgehead atoms. The second-order valence-electron chi connectivity index (χ2n) is 7.06. The van der Waals surface area contributed by atoms with Gasteiger partial charge in [-0.25, -0.2) is 13.8 Å². The van der Waals surface area contributed by atoms with Gasteiger partial charge >= 0.3 is 0 Å². The van der Waals surface area contributed by atoms with Gasteiger partial charge in [0.25, 0.3) is 5.91 Å². The Hall–Kier alpha value is -3.86. The number of hydrogen-bond donors (Lipinski definition) is 3. The van der Waals surface area contributed by atoms with Crippen LogP contribution in [0.2, 0.25) is 0 Å². The average Bonchev–Trinajstić information content (AvgIpc) is 3.29. The van der Waals surface area contributed by atoms with Crippen molar-refractivity contribution in [2.75, 3.05) is 0 Å². The standard InChI is InChI=1S/C21H18F2N6O2S/c22-12-3-1-11(2-4-12)8-26-18(30)17-15-6-5-13(23)7-16(15)19(31)29(17)10-14-9-27-21(32-14)28-20(24)25/h1-7,9,17H,8,10H2,(H,26,30)(H4,24,25,27,28). The molecule has 1 aromatic heterocycles. The van der Waals surface area contributed by atoms with Gasteiger partial charge in [-0.3, -0.25) is 9.59 Å². The van der Waals surface area contributed by atoms with Crippen molar-refractivity contribution in [3.8, 4) is 0 Å². The van der Waals surface area contributed by atoms with E-state index in [-0.39, 0.29) is 30.4 Å². The first-order valence-corrected chi connectivity index (χ1v) is 10.3. The third kappa shape index (κ3) is 4.42. The summed E-state index contributed by atoms with van der Waals surface area (Å²) in [5.74, 6) is -2.02. The zero-order chi connectivity index (χ0) is 22.8. The predicted molar refractivity (Wildman–Crippen MR) is 115 cm³/mol. The molecule has 0 radical (unpaired) electrons. The Bertz CT molecular complexity index is 1210. The fraction of sp³-hybridized carbons (Fsp3) is 0.143. The number of halogens is 2. The number of carbonyl (C=O) groups is 2. The van der Waals surface area contributed by atoms with Crippen LogP contribution < -0.4 is 16.8 Å². The van der Waals surface area contributed by atoms with Crippen LogP contribution in [0.5, 0.6) is 0 Å². The Kier molecular flexibility index (Phi) is 5.82. The van der Waals surface area contributed by atoms with E-state index < -0.39 is 23.7 Å². The Morgan fingerprint density at radius 3 is 2.59 bits per heavy atom. The van der Waals surface area contributed by atoms with Crippen LogP contribution in [0.3, 0.4) is 0 Å². The predicted octanol–water partition coefficient (Wildman–Crippen LogP) is 2.34. The maximum absolute atomic E-state index is 13.8. The summed E-state index contributed by atoms with van der Waals surface area (Å²) < 4.78 is 26.9. The van der Waals surface area contributed by atoms with E-state index in [4.69, 9.17) is 11.5 Å². The number of nitrogens with two attached hydrogens (primary N) is 2. The van der Waals surface area contributed by atoms with Crippen LogP contribution in [0, 0.1) is 11.6 Å². The number of thiazole rings is 1. The van der Waals surface area contributed by atoms with Crippen molar-refractivity contribution in [1.82, 2.24) is 15.2 Å². The Morgan fingerprint density at radius 2 is 1.88 bits per heavy atom. The Morgan fingerprint density at radius 1 is 1.16 bits per heavy atom. The topological polar surface area (TPSA) is 127 Å². The number of rotatable bonds is 6. The molecule has 8 nitrogen and oxygen atoms in total. The molecule has 1 aliphatic rings. The molecule has 2 heterocycles. The van der Waals surface area contributed by atoms with Gasteiger partial charge in [0, 0.05) is 23.2 Å². The molecule has 0 saturated carbocycles. The molecular formula is C21H18F2N6O2S. The number of aliphatic imine (C=N–C) groups is 1. The van der Waals surface area contributed by atoms with E-state index in [1.54, 1.807) is 12.1 Å². The van der Waals surface area contributed by atoms with E-state index in [9.17, 15) is 18.4 Å². The zero-order valence-corrected chi connectivity index (χ0v) is 17.4. The monoisotopic (exact) mass is 456 g/mol. The lowest BCUT2D eigenvalue weighted by Crippen LogP contribution is -2.38. The van der Waals surface area contributed by atoms with Crippen molar-refractivity contribution >= 4 is 34.2 Å². The van der Waals surface area contributed by atoms with Gasteiger partial charge in [-0.05, 0) is 35.4 Å². The van der Waals surface area contributed by atoms with Crippen molar-refractivity contribution in [2.24, 2.45) is 16.5 Å². The first-order valence-electron chi connectivity index (χ1n) is 9.48. The molecule has 1 aliphatic heterocycles. The highest BCUT2D eigenvalue weighted by molar-refractivity contribution is 7.15. The molecule has 2 aromatic carbocycles. The number of fused-ring (bicyclic) bond motifs is 1. The average molecular weight is 456 g/mol. The number of nitrogens with one attached hydrogen (secondary N) is 1. The summed E-state index contributed by atoms with van der Waals surface area (Å²) in [5, 5.41) is 3.08. The number of nitrogens with zero attached hydrogens (tertiary/aromatic N) is 3. The third-order valence-corrected chi connectivity index (χ3v) is 5.71. The summed E-state index contributed by atoms with van der Waals surface area (Å²) in [6.07, 6.45) is 1.51. The number of carbonyl (C=O) groups excluding carboxylic acids is 2. The molecule has 11 heteroatoms. The molecule has 0 saturated heterocycles. The van der Waals surface area contributed by atoms with Gasteiger partial charge in [0.15, 0.2) is 5.96 Å². The van der Waals surface area contributed by atoms with Gasteiger partial charge in [-0.1, -0.05) is 29.5 Å². The van der Waals surface area contributed by atoms with Gasteiger partial charge in [-0.15, -0.1) is 0 Å². The molecule has 4 rings (SSSR count). The van der Waals surface area contributed by atoms with Gasteiger partial charge in [0.2, 0.25) is 11.0 Å². The highest BCUT2D eigenvalue weighted by atomic mass is 32.1. The molecule has 1 unspecified atom stereocenters. The largest absolute Gasteiger partial charge is 0.370 e. The van der Waals surface area contributed by atoms with E-state index >= 15 is 0 Å². The molecule has 164 valence electrons. The lowest BCUT2D eigenvalue weighted by Gasteiger charge is -2.24. The van der Waals surface area contributed by atoms with Gasteiger partial charge in [-0.2, -0.15) is 4.99 Å². The summed E-state index contributed by atoms with van der Waals surface area (Å²) in [7, 11) is 0. The van der Waals surface area contributed by atoms with E-state index in [1.165, 1.54) is 35.4 Å². The summed E-state index contributed by atoms with van der Waals surface area (Å²) in [4.78, 5) is 36.0. The maximum atomic E-state index is 13.8. The fourth-order valence-corrected chi connectivity index (χ4v) is 4.23. The van der Waals surface area contributed by atoms with Crippen molar-refractivity contribution in [3.63, 3.8) is 0 Å². The fourth-order valence-electron chi connectivity index (χ4n) is 3.43. The molecule has 0 spiro atoms. The quantitative estimate of drug-likeness (QED) is 0.388. The summed E-state index contributed by atoms with van der Waals surface area (Å²) in [6, 6.07) is 8.49. The number of benzene rings is 2. The zero-order valence-electron chi connectivity index (χ0n) is 16.6. The van der Waals surface area contributed by atoms with Crippen LogP contribution in [-0.4, -0.2) is 27.7 Å². The SMILES string of the molecule is NC(N)=Nc1ncc(CN2C(=O)c3cc(F)ccc3C2C(=O)NCc2ccc(F)cc2)s1. The Labute approximate surface area is 185 Å². The van der Waals surface area contributed by atoms with Crippen LogP contribution in [0.1, 0.15) is 32.4 Å². The second-order valence-corrected chi connectivity index (χ2v) is 8.15. The van der Waals surface area contributed by atoms with Crippen LogP contribution in [0.25, 0.3) is 0 Å². The van der Waals surface area contributed by atoms with Crippen LogP contribution in [-0.2, 0) is 17.9 Å². The number of hydrogen-bond acceptors (Lipinski definition) is 5. The van der Waals surface area contributed by atoms with Crippen molar-refractivity contribution in [1.29, 1.82) is 0 Å². The lowest BCUT2D eigenvalue weighted by atomic mass is 10.0. The van der Waals surface area contributed by atoms with Gasteiger partial charge < -0.3 is 21.7 Å². The maximum Gasteiger partial charge on any atom is 0.255 e. The van der Waals surface area contributed by atoms with Crippen LogP contribution in [0.15, 0.2) is 53.7 Å². The number of aromatic nitrogens is 1. The minimum absolute atomic E-state index is 0.0570. The highest BCUT2D eigenvalue weighted by Gasteiger charge is 2.41. The first kappa shape index (κ1) is 21.4. The second kappa shape index (κ2) is 8.71. The smallest absolute Gasteiger partial charge is 0.255 e. The summed E-state index contributed by atoms with van der Waals surface area (Å²) >= 11 is 1.16. The molecular weight excluding hydrogens is 438 g/mol. The molecule has 1 atom stereocenters. The summed E-state index contributed by atoms with van der Waals surface area (Å²) in [5.41, 5.74) is 12.0. The van der Waals surface area contributed by atoms with E-state index in [2.05, 4.69) is 15.3 Å². The Balaban J connectivity index is 1.59. The molecule has 5 N–H and O–H groups in total. The minimum Gasteiger partial charge on any atom is -0.370 e. The van der Waals surface area contributed by atoms with Gasteiger partial charge in [0.1, 0.15) is 17.7 Å². The van der Waals surface area contributed by atoms with E-state index in [0.29, 0.717) is 21.1 Å². The van der Waals surface area contributed by atoms with Crippen molar-refractivity contribution in [3.05, 3.63) is 81.9 Å².